The van der Waals surface area contributed by atoms with Crippen LogP contribution in [-0.4, -0.2) is 11.4 Å². The van der Waals surface area contributed by atoms with Crippen LogP contribution >= 0.6 is 0 Å². The summed E-state index contributed by atoms with van der Waals surface area (Å²) >= 11 is 0. The van der Waals surface area contributed by atoms with Gasteiger partial charge in [0.1, 0.15) is 5.60 Å². The number of Topliss-reactive ketones (excluding diaryl/α,β-unsaturated/α-hetero) is 1. The predicted molar refractivity (Wildman–Crippen MR) is 81.4 cm³/mol. The topological polar surface area (TPSA) is 26.3 Å². The van der Waals surface area contributed by atoms with E-state index in [1.54, 1.807) is 6.08 Å². The van der Waals surface area contributed by atoms with Crippen LogP contribution in [0, 0.1) is 5.41 Å². The third-order valence-electron chi connectivity index (χ3n) is 4.81. The van der Waals surface area contributed by atoms with Crippen LogP contribution in [0.25, 0.3) is 0 Å². The number of carbonyl (C=O) groups is 1. The standard InChI is InChI=1S/C18H24O2/c1-4-17(5-2)12-16(19)18(6-3,14-17)20-13-15-10-8-7-9-11-15/h6-11H,3-5,12-14H2,1-2H3. The van der Waals surface area contributed by atoms with Crippen molar-refractivity contribution in [2.75, 3.05) is 0 Å². The van der Waals surface area contributed by atoms with Crippen LogP contribution in [0.15, 0.2) is 43.0 Å². The maximum atomic E-state index is 12.5. The summed E-state index contributed by atoms with van der Waals surface area (Å²) < 4.78 is 6.03. The Kier molecular flexibility index (Phi) is 4.44. The quantitative estimate of drug-likeness (QED) is 0.722. The van der Waals surface area contributed by atoms with Crippen molar-refractivity contribution in [3.63, 3.8) is 0 Å². The number of ether oxygens (including phenoxy) is 1. The van der Waals surface area contributed by atoms with Gasteiger partial charge in [-0.2, -0.15) is 0 Å². The number of ketones is 1. The van der Waals surface area contributed by atoms with Gasteiger partial charge in [-0.15, -0.1) is 0 Å². The summed E-state index contributed by atoms with van der Waals surface area (Å²) in [6.45, 7) is 8.65. The summed E-state index contributed by atoms with van der Waals surface area (Å²) in [5.41, 5.74) is 0.385. The summed E-state index contributed by atoms with van der Waals surface area (Å²) in [7, 11) is 0. The molecule has 1 aliphatic rings. The fourth-order valence-corrected chi connectivity index (χ4v) is 3.12. The third kappa shape index (κ3) is 2.71. The zero-order chi connectivity index (χ0) is 14.6. The molecule has 1 aromatic carbocycles. The highest BCUT2D eigenvalue weighted by atomic mass is 16.5. The Labute approximate surface area is 121 Å². The minimum absolute atomic E-state index is 0.0853. The molecule has 20 heavy (non-hydrogen) atoms. The summed E-state index contributed by atoms with van der Waals surface area (Å²) in [5, 5.41) is 0. The number of rotatable bonds is 6. The zero-order valence-corrected chi connectivity index (χ0v) is 12.5. The molecule has 0 heterocycles. The maximum Gasteiger partial charge on any atom is 0.169 e. The zero-order valence-electron chi connectivity index (χ0n) is 12.5. The van der Waals surface area contributed by atoms with Crippen LogP contribution in [0.2, 0.25) is 0 Å². The van der Waals surface area contributed by atoms with Crippen molar-refractivity contribution in [3.05, 3.63) is 48.6 Å². The molecule has 2 rings (SSSR count). The van der Waals surface area contributed by atoms with Crippen LogP contribution < -0.4 is 0 Å². The number of carbonyl (C=O) groups excluding carboxylic acids is 1. The monoisotopic (exact) mass is 272 g/mol. The summed E-state index contributed by atoms with van der Waals surface area (Å²) in [6, 6.07) is 9.98. The molecule has 1 unspecified atom stereocenters. The molecule has 1 atom stereocenters. The van der Waals surface area contributed by atoms with E-state index in [-0.39, 0.29) is 11.2 Å². The summed E-state index contributed by atoms with van der Waals surface area (Å²) in [5.74, 6) is 0.187. The molecule has 0 bridgehead atoms. The van der Waals surface area contributed by atoms with Crippen molar-refractivity contribution in [2.45, 2.75) is 51.7 Å². The third-order valence-corrected chi connectivity index (χ3v) is 4.81. The van der Waals surface area contributed by atoms with E-state index in [9.17, 15) is 4.79 Å². The Balaban J connectivity index is 2.14. The Morgan fingerprint density at radius 2 is 1.90 bits per heavy atom. The van der Waals surface area contributed by atoms with Gasteiger partial charge in [-0.3, -0.25) is 4.79 Å². The van der Waals surface area contributed by atoms with E-state index in [1.807, 2.05) is 30.3 Å². The van der Waals surface area contributed by atoms with Gasteiger partial charge in [0.15, 0.2) is 5.78 Å². The molecule has 2 heteroatoms. The second kappa shape index (κ2) is 5.92. The lowest BCUT2D eigenvalue weighted by molar-refractivity contribution is -0.135. The lowest BCUT2D eigenvalue weighted by Gasteiger charge is -2.29. The maximum absolute atomic E-state index is 12.5. The van der Waals surface area contributed by atoms with E-state index in [1.165, 1.54) is 0 Å². The average Bonchev–Trinajstić information content (AvgIpc) is 2.80. The number of hydrogen-bond donors (Lipinski definition) is 0. The van der Waals surface area contributed by atoms with E-state index in [2.05, 4.69) is 20.4 Å². The summed E-state index contributed by atoms with van der Waals surface area (Å²) in [6.07, 6.45) is 5.12. The minimum Gasteiger partial charge on any atom is -0.358 e. The lowest BCUT2D eigenvalue weighted by atomic mass is 9.79. The number of hydrogen-bond acceptors (Lipinski definition) is 2. The van der Waals surface area contributed by atoms with Crippen molar-refractivity contribution in [3.8, 4) is 0 Å². The van der Waals surface area contributed by atoms with Crippen molar-refractivity contribution >= 4 is 5.78 Å². The van der Waals surface area contributed by atoms with Gasteiger partial charge < -0.3 is 4.74 Å². The number of benzene rings is 1. The molecule has 1 saturated carbocycles. The SMILES string of the molecule is C=CC1(OCc2ccccc2)CC(CC)(CC)CC1=O. The first-order valence-corrected chi connectivity index (χ1v) is 7.44. The average molecular weight is 272 g/mol. The minimum atomic E-state index is -0.790. The highest BCUT2D eigenvalue weighted by Gasteiger charge is 2.52. The predicted octanol–water partition coefficient (Wildman–Crippen LogP) is 4.30. The second-order valence-corrected chi connectivity index (χ2v) is 5.85. The van der Waals surface area contributed by atoms with E-state index >= 15 is 0 Å². The molecule has 0 saturated heterocycles. The van der Waals surface area contributed by atoms with Crippen molar-refractivity contribution in [1.29, 1.82) is 0 Å². The molecule has 0 amide bonds. The van der Waals surface area contributed by atoms with Gasteiger partial charge in [-0.25, -0.2) is 0 Å². The highest BCUT2D eigenvalue weighted by molar-refractivity contribution is 5.92. The van der Waals surface area contributed by atoms with Gasteiger partial charge in [0.05, 0.1) is 6.61 Å². The van der Waals surface area contributed by atoms with Crippen molar-refractivity contribution < 1.29 is 9.53 Å². The highest BCUT2D eigenvalue weighted by Crippen LogP contribution is 2.49. The Morgan fingerprint density at radius 1 is 1.25 bits per heavy atom. The van der Waals surface area contributed by atoms with Gasteiger partial charge in [-0.05, 0) is 30.2 Å². The Morgan fingerprint density at radius 3 is 2.40 bits per heavy atom. The molecule has 0 aromatic heterocycles. The summed E-state index contributed by atoms with van der Waals surface area (Å²) in [4.78, 5) is 12.5. The molecule has 1 aliphatic carbocycles. The van der Waals surface area contributed by atoms with Crippen LogP contribution in [0.5, 0.6) is 0 Å². The van der Waals surface area contributed by atoms with Gasteiger partial charge >= 0.3 is 0 Å². The normalized spacial score (nSPS) is 24.8. The molecule has 0 radical (unpaired) electrons. The first-order chi connectivity index (χ1) is 9.60. The van der Waals surface area contributed by atoms with E-state index in [0.717, 1.165) is 24.8 Å². The lowest BCUT2D eigenvalue weighted by Crippen LogP contribution is -2.35. The van der Waals surface area contributed by atoms with Crippen molar-refractivity contribution in [1.82, 2.24) is 0 Å². The Bertz CT molecular complexity index is 473. The van der Waals surface area contributed by atoms with Gasteiger partial charge in [0, 0.05) is 6.42 Å². The van der Waals surface area contributed by atoms with Gasteiger partial charge in [0.2, 0.25) is 0 Å². The van der Waals surface area contributed by atoms with Crippen LogP contribution in [0.4, 0.5) is 0 Å². The largest absolute Gasteiger partial charge is 0.358 e. The second-order valence-electron chi connectivity index (χ2n) is 5.85. The molecule has 0 aliphatic heterocycles. The van der Waals surface area contributed by atoms with Gasteiger partial charge in [-0.1, -0.05) is 56.8 Å². The molecular weight excluding hydrogens is 248 g/mol. The Hall–Kier alpha value is -1.41. The van der Waals surface area contributed by atoms with Crippen LogP contribution in [-0.2, 0) is 16.1 Å². The molecule has 1 fully saturated rings. The molecule has 0 N–H and O–H groups in total. The first-order valence-electron chi connectivity index (χ1n) is 7.44. The molecule has 1 aromatic rings. The molecule has 2 nitrogen and oxygen atoms in total. The van der Waals surface area contributed by atoms with E-state index < -0.39 is 5.60 Å². The van der Waals surface area contributed by atoms with Crippen molar-refractivity contribution in [2.24, 2.45) is 5.41 Å². The first kappa shape index (κ1) is 15.0. The van der Waals surface area contributed by atoms with Gasteiger partial charge in [0.25, 0.3) is 0 Å². The van der Waals surface area contributed by atoms with E-state index in [4.69, 9.17) is 4.74 Å². The molecule has 0 spiro atoms. The smallest absolute Gasteiger partial charge is 0.169 e. The molecular formula is C18H24O2. The van der Waals surface area contributed by atoms with Crippen LogP contribution in [0.3, 0.4) is 0 Å². The van der Waals surface area contributed by atoms with Crippen LogP contribution in [0.1, 0.15) is 45.1 Å². The fourth-order valence-electron chi connectivity index (χ4n) is 3.12. The molecule has 108 valence electrons. The van der Waals surface area contributed by atoms with E-state index in [0.29, 0.717) is 13.0 Å². The fraction of sp³-hybridized carbons (Fsp3) is 0.500.